The van der Waals surface area contributed by atoms with Crippen LogP contribution in [-0.4, -0.2) is 36.4 Å². The number of rotatable bonds is 2. The van der Waals surface area contributed by atoms with Crippen molar-refractivity contribution in [1.29, 1.82) is 0 Å². The van der Waals surface area contributed by atoms with Crippen molar-refractivity contribution in [2.45, 2.75) is 26.0 Å². The van der Waals surface area contributed by atoms with Crippen LogP contribution in [0, 0.1) is 5.92 Å². The number of hydrogen-bond acceptors (Lipinski definition) is 3. The Morgan fingerprint density at radius 3 is 2.67 bits per heavy atom. The number of aliphatic hydroxyl groups excluding tert-OH is 1. The van der Waals surface area contributed by atoms with Gasteiger partial charge in [0, 0.05) is 5.92 Å². The molecule has 0 aromatic heterocycles. The van der Waals surface area contributed by atoms with Gasteiger partial charge in [0.15, 0.2) is 0 Å². The highest BCUT2D eigenvalue weighted by Crippen LogP contribution is 2.05. The molecule has 70 valence electrons. The van der Waals surface area contributed by atoms with Crippen LogP contribution in [-0.2, 0) is 9.53 Å². The van der Waals surface area contributed by atoms with Crippen molar-refractivity contribution >= 4 is 5.91 Å². The smallest absolute Gasteiger partial charge is 0.222 e. The first-order valence-electron chi connectivity index (χ1n) is 4.17. The van der Waals surface area contributed by atoms with Crippen LogP contribution >= 0.6 is 0 Å². The zero-order valence-electron chi connectivity index (χ0n) is 7.41. The van der Waals surface area contributed by atoms with Crippen molar-refractivity contribution in [3.05, 3.63) is 0 Å². The molecule has 1 rings (SSSR count). The Hall–Kier alpha value is -0.610. The molecule has 0 spiro atoms. The standard InChI is InChI=1S/C8H15NO3/c1-5(2)8(11)9-6-3-12-4-7(6)10/h5-7,10H,3-4H2,1-2H3,(H,9,11). The Kier molecular flexibility index (Phi) is 3.05. The van der Waals surface area contributed by atoms with Gasteiger partial charge in [0.2, 0.25) is 5.91 Å². The Labute approximate surface area is 71.9 Å². The summed E-state index contributed by atoms with van der Waals surface area (Å²) in [5.41, 5.74) is 0. The molecule has 2 atom stereocenters. The van der Waals surface area contributed by atoms with Crippen LogP contribution in [0.15, 0.2) is 0 Å². The van der Waals surface area contributed by atoms with Gasteiger partial charge in [-0.15, -0.1) is 0 Å². The van der Waals surface area contributed by atoms with Crippen LogP contribution in [0.3, 0.4) is 0 Å². The molecule has 4 nitrogen and oxygen atoms in total. The first-order chi connectivity index (χ1) is 5.61. The van der Waals surface area contributed by atoms with Gasteiger partial charge in [0.1, 0.15) is 0 Å². The average molecular weight is 173 g/mol. The minimum atomic E-state index is -0.548. The summed E-state index contributed by atoms with van der Waals surface area (Å²) in [7, 11) is 0. The van der Waals surface area contributed by atoms with E-state index in [1.807, 2.05) is 13.8 Å². The van der Waals surface area contributed by atoms with E-state index >= 15 is 0 Å². The molecule has 1 fully saturated rings. The number of carbonyl (C=O) groups excluding carboxylic acids is 1. The molecular formula is C8H15NO3. The second-order valence-electron chi connectivity index (χ2n) is 3.37. The molecule has 1 amide bonds. The molecule has 2 unspecified atom stereocenters. The van der Waals surface area contributed by atoms with E-state index in [-0.39, 0.29) is 17.9 Å². The van der Waals surface area contributed by atoms with E-state index in [0.29, 0.717) is 13.2 Å². The molecule has 1 heterocycles. The van der Waals surface area contributed by atoms with Gasteiger partial charge in [-0.1, -0.05) is 13.8 Å². The lowest BCUT2D eigenvalue weighted by molar-refractivity contribution is -0.125. The summed E-state index contributed by atoms with van der Waals surface area (Å²) in [6.07, 6.45) is -0.548. The minimum Gasteiger partial charge on any atom is -0.388 e. The van der Waals surface area contributed by atoms with Gasteiger partial charge in [-0.2, -0.15) is 0 Å². The molecule has 1 aliphatic heterocycles. The lowest BCUT2D eigenvalue weighted by Gasteiger charge is -2.15. The van der Waals surface area contributed by atoms with E-state index in [4.69, 9.17) is 4.74 Å². The Morgan fingerprint density at radius 1 is 1.58 bits per heavy atom. The van der Waals surface area contributed by atoms with Crippen molar-refractivity contribution < 1.29 is 14.6 Å². The molecule has 0 bridgehead atoms. The third-order valence-electron chi connectivity index (χ3n) is 1.90. The SMILES string of the molecule is CC(C)C(=O)NC1COCC1O. The van der Waals surface area contributed by atoms with Gasteiger partial charge in [-0.05, 0) is 0 Å². The molecule has 0 saturated carbocycles. The second kappa shape index (κ2) is 3.87. The largest absolute Gasteiger partial charge is 0.388 e. The fraction of sp³-hybridized carbons (Fsp3) is 0.875. The third-order valence-corrected chi connectivity index (χ3v) is 1.90. The fourth-order valence-electron chi connectivity index (χ4n) is 1.03. The molecule has 12 heavy (non-hydrogen) atoms. The molecule has 2 N–H and O–H groups in total. The first-order valence-corrected chi connectivity index (χ1v) is 4.17. The van der Waals surface area contributed by atoms with Crippen LogP contribution in [0.4, 0.5) is 0 Å². The van der Waals surface area contributed by atoms with Crippen molar-refractivity contribution in [1.82, 2.24) is 5.32 Å². The fourth-order valence-corrected chi connectivity index (χ4v) is 1.03. The van der Waals surface area contributed by atoms with Crippen molar-refractivity contribution in [2.24, 2.45) is 5.92 Å². The number of hydrogen-bond donors (Lipinski definition) is 2. The Morgan fingerprint density at radius 2 is 2.25 bits per heavy atom. The van der Waals surface area contributed by atoms with Gasteiger partial charge in [-0.3, -0.25) is 4.79 Å². The third kappa shape index (κ3) is 2.19. The van der Waals surface area contributed by atoms with Crippen LogP contribution in [0.25, 0.3) is 0 Å². The summed E-state index contributed by atoms with van der Waals surface area (Å²) in [5.74, 6) is -0.0812. The predicted molar refractivity (Wildman–Crippen MR) is 43.6 cm³/mol. The van der Waals surface area contributed by atoms with E-state index < -0.39 is 6.10 Å². The number of nitrogens with one attached hydrogen (secondary N) is 1. The Balaban J connectivity index is 2.35. The maximum absolute atomic E-state index is 11.2. The highest BCUT2D eigenvalue weighted by atomic mass is 16.5. The quantitative estimate of drug-likeness (QED) is 0.593. The molecule has 0 aromatic carbocycles. The zero-order valence-corrected chi connectivity index (χ0v) is 7.41. The van der Waals surface area contributed by atoms with Crippen molar-refractivity contribution in [3.63, 3.8) is 0 Å². The molecule has 1 aliphatic rings. The van der Waals surface area contributed by atoms with E-state index in [0.717, 1.165) is 0 Å². The van der Waals surface area contributed by atoms with E-state index in [1.165, 1.54) is 0 Å². The maximum Gasteiger partial charge on any atom is 0.222 e. The topological polar surface area (TPSA) is 58.6 Å². The number of amides is 1. The highest BCUT2D eigenvalue weighted by Gasteiger charge is 2.27. The normalized spacial score (nSPS) is 29.3. The van der Waals surface area contributed by atoms with Gasteiger partial charge >= 0.3 is 0 Å². The molecule has 4 heteroatoms. The monoisotopic (exact) mass is 173 g/mol. The summed E-state index contributed by atoms with van der Waals surface area (Å²) in [4.78, 5) is 11.2. The van der Waals surface area contributed by atoms with Gasteiger partial charge in [-0.25, -0.2) is 0 Å². The maximum atomic E-state index is 11.2. The van der Waals surface area contributed by atoms with Crippen LogP contribution in [0.2, 0.25) is 0 Å². The van der Waals surface area contributed by atoms with Gasteiger partial charge < -0.3 is 15.2 Å². The summed E-state index contributed by atoms with van der Waals surface area (Å²) < 4.78 is 4.99. The molecule has 1 saturated heterocycles. The number of carbonyl (C=O) groups is 1. The van der Waals surface area contributed by atoms with E-state index in [2.05, 4.69) is 5.32 Å². The van der Waals surface area contributed by atoms with Crippen molar-refractivity contribution in [2.75, 3.05) is 13.2 Å². The van der Waals surface area contributed by atoms with Crippen molar-refractivity contribution in [3.8, 4) is 0 Å². The minimum absolute atomic E-state index is 0.0375. The summed E-state index contributed by atoms with van der Waals surface area (Å²) in [6.45, 7) is 4.37. The highest BCUT2D eigenvalue weighted by molar-refractivity contribution is 5.78. The van der Waals surface area contributed by atoms with Gasteiger partial charge in [0.05, 0.1) is 25.4 Å². The number of ether oxygens (including phenoxy) is 1. The van der Waals surface area contributed by atoms with Gasteiger partial charge in [0.25, 0.3) is 0 Å². The number of aliphatic hydroxyl groups is 1. The molecule has 0 aliphatic carbocycles. The van der Waals surface area contributed by atoms with Crippen LogP contribution < -0.4 is 5.32 Å². The average Bonchev–Trinajstić information content (AvgIpc) is 2.36. The van der Waals surface area contributed by atoms with Crippen LogP contribution in [0.1, 0.15) is 13.8 Å². The summed E-state index contributed by atoms with van der Waals surface area (Å²) in [5, 5.41) is 12.0. The summed E-state index contributed by atoms with van der Waals surface area (Å²) >= 11 is 0. The second-order valence-corrected chi connectivity index (χ2v) is 3.37. The van der Waals surface area contributed by atoms with Crippen LogP contribution in [0.5, 0.6) is 0 Å². The summed E-state index contributed by atoms with van der Waals surface area (Å²) in [6, 6.07) is -0.222. The lowest BCUT2D eigenvalue weighted by atomic mass is 10.1. The zero-order chi connectivity index (χ0) is 9.14. The molecule has 0 aromatic rings. The predicted octanol–water partition coefficient (Wildman–Crippen LogP) is -0.482. The molecule has 0 radical (unpaired) electrons. The van der Waals surface area contributed by atoms with E-state index in [1.54, 1.807) is 0 Å². The molecular weight excluding hydrogens is 158 g/mol. The lowest BCUT2D eigenvalue weighted by Crippen LogP contribution is -2.44. The Bertz CT molecular complexity index is 170. The first kappa shape index (κ1) is 9.48. The van der Waals surface area contributed by atoms with E-state index in [9.17, 15) is 9.90 Å².